The second kappa shape index (κ2) is 4.19. The van der Waals surface area contributed by atoms with E-state index in [4.69, 9.17) is 0 Å². The van der Waals surface area contributed by atoms with Gasteiger partial charge in [-0.1, -0.05) is 6.92 Å². The topological polar surface area (TPSA) is 53.6 Å². The zero-order valence-corrected chi connectivity index (χ0v) is 8.25. The lowest BCUT2D eigenvalue weighted by atomic mass is 10.4. The van der Waals surface area contributed by atoms with Gasteiger partial charge in [-0.05, 0) is 12.6 Å². The maximum absolute atomic E-state index is 4.45. The van der Waals surface area contributed by atoms with E-state index in [-0.39, 0.29) is 0 Å². The summed E-state index contributed by atoms with van der Waals surface area (Å²) in [4.78, 5) is 11.7. The number of hydrogen-bond acceptors (Lipinski definition) is 3. The number of pyridine rings is 1. The van der Waals surface area contributed by atoms with Crippen LogP contribution in [0.3, 0.4) is 0 Å². The fourth-order valence-corrected chi connectivity index (χ4v) is 1.41. The van der Waals surface area contributed by atoms with E-state index in [0.29, 0.717) is 0 Å². The maximum atomic E-state index is 4.45. The fourth-order valence-electron chi connectivity index (χ4n) is 1.41. The van der Waals surface area contributed by atoms with Crippen molar-refractivity contribution in [1.29, 1.82) is 0 Å². The Labute approximate surface area is 82.8 Å². The predicted octanol–water partition coefficient (Wildman–Crippen LogP) is 1.11. The van der Waals surface area contributed by atoms with Gasteiger partial charge in [0.15, 0.2) is 0 Å². The Kier molecular flexibility index (Phi) is 2.74. The Bertz CT molecular complexity index is 374. The molecule has 0 aromatic carbocycles. The van der Waals surface area contributed by atoms with Crippen molar-refractivity contribution >= 4 is 11.0 Å². The summed E-state index contributed by atoms with van der Waals surface area (Å²) < 4.78 is 0. The molecule has 0 spiro atoms. The van der Waals surface area contributed by atoms with Crippen LogP contribution in [0.25, 0.3) is 11.0 Å². The molecule has 2 N–H and O–H groups in total. The first-order valence-electron chi connectivity index (χ1n) is 4.89. The van der Waals surface area contributed by atoms with E-state index in [1.807, 2.05) is 6.07 Å². The quantitative estimate of drug-likeness (QED) is 0.710. The van der Waals surface area contributed by atoms with Gasteiger partial charge in [-0.2, -0.15) is 0 Å². The molecule has 0 fully saturated rings. The van der Waals surface area contributed by atoms with Crippen LogP contribution in [0.4, 0.5) is 0 Å². The minimum atomic E-state index is 0.933. The van der Waals surface area contributed by atoms with E-state index in [1.54, 1.807) is 12.4 Å². The molecule has 0 unspecified atom stereocenters. The monoisotopic (exact) mass is 190 g/mol. The molecule has 2 rings (SSSR count). The average Bonchev–Trinajstić information content (AvgIpc) is 2.60. The molecule has 2 heterocycles. The molecule has 4 heteroatoms. The van der Waals surface area contributed by atoms with Crippen LogP contribution in [-0.4, -0.2) is 28.0 Å². The highest BCUT2D eigenvalue weighted by Crippen LogP contribution is 2.08. The van der Waals surface area contributed by atoms with Crippen LogP contribution in [0, 0.1) is 0 Å². The van der Waals surface area contributed by atoms with Crippen molar-refractivity contribution in [3.8, 4) is 0 Å². The molecule has 0 aliphatic heterocycles. The lowest BCUT2D eigenvalue weighted by Crippen LogP contribution is -2.16. The lowest BCUT2D eigenvalue weighted by Gasteiger charge is -1.96. The van der Waals surface area contributed by atoms with Gasteiger partial charge in [0.05, 0.1) is 17.2 Å². The summed E-state index contributed by atoms with van der Waals surface area (Å²) in [6, 6.07) is 1.92. The highest BCUT2D eigenvalue weighted by atomic mass is 14.9. The van der Waals surface area contributed by atoms with Gasteiger partial charge in [0, 0.05) is 19.2 Å². The van der Waals surface area contributed by atoms with Crippen LogP contribution in [-0.2, 0) is 6.42 Å². The molecule has 2 aromatic heterocycles. The molecule has 0 amide bonds. The minimum Gasteiger partial charge on any atom is -0.341 e. The van der Waals surface area contributed by atoms with E-state index >= 15 is 0 Å². The van der Waals surface area contributed by atoms with Crippen LogP contribution in [0.1, 0.15) is 12.7 Å². The SMILES string of the molecule is CCNCCc1nc2ccncc2[nH]1. The highest BCUT2D eigenvalue weighted by molar-refractivity contribution is 5.73. The maximum Gasteiger partial charge on any atom is 0.108 e. The van der Waals surface area contributed by atoms with Crippen molar-refractivity contribution in [3.05, 3.63) is 24.3 Å². The Balaban J connectivity index is 2.11. The Morgan fingerprint density at radius 3 is 3.21 bits per heavy atom. The number of fused-ring (bicyclic) bond motifs is 1. The second-order valence-corrected chi connectivity index (χ2v) is 3.18. The van der Waals surface area contributed by atoms with E-state index in [2.05, 4.69) is 27.2 Å². The number of likely N-dealkylation sites (N-methyl/N-ethyl adjacent to an activating group) is 1. The highest BCUT2D eigenvalue weighted by Gasteiger charge is 2.00. The molecular formula is C10H14N4. The molecule has 14 heavy (non-hydrogen) atoms. The van der Waals surface area contributed by atoms with E-state index in [9.17, 15) is 0 Å². The zero-order valence-electron chi connectivity index (χ0n) is 8.25. The van der Waals surface area contributed by atoms with Crippen LogP contribution in [0.2, 0.25) is 0 Å². The molecule has 0 saturated carbocycles. The first-order chi connectivity index (χ1) is 6.90. The van der Waals surface area contributed by atoms with Gasteiger partial charge in [-0.15, -0.1) is 0 Å². The van der Waals surface area contributed by atoms with Crippen LogP contribution < -0.4 is 5.32 Å². The zero-order chi connectivity index (χ0) is 9.80. The van der Waals surface area contributed by atoms with E-state index in [1.165, 1.54) is 0 Å². The molecule has 0 atom stereocenters. The largest absolute Gasteiger partial charge is 0.341 e. The summed E-state index contributed by atoms with van der Waals surface area (Å²) in [5.74, 6) is 1.02. The van der Waals surface area contributed by atoms with Gasteiger partial charge in [-0.3, -0.25) is 4.98 Å². The number of nitrogens with one attached hydrogen (secondary N) is 2. The van der Waals surface area contributed by atoms with Crippen molar-refractivity contribution in [2.45, 2.75) is 13.3 Å². The Hall–Kier alpha value is -1.42. The Morgan fingerprint density at radius 1 is 1.50 bits per heavy atom. The molecular weight excluding hydrogens is 176 g/mol. The molecule has 74 valence electrons. The fraction of sp³-hybridized carbons (Fsp3) is 0.400. The summed E-state index contributed by atoms with van der Waals surface area (Å²) >= 11 is 0. The average molecular weight is 190 g/mol. The van der Waals surface area contributed by atoms with Crippen molar-refractivity contribution in [1.82, 2.24) is 20.3 Å². The summed E-state index contributed by atoms with van der Waals surface area (Å²) in [6.45, 7) is 4.06. The molecule has 0 aliphatic rings. The third kappa shape index (κ3) is 1.90. The number of nitrogens with zero attached hydrogens (tertiary/aromatic N) is 2. The summed E-state index contributed by atoms with van der Waals surface area (Å²) in [7, 11) is 0. The van der Waals surface area contributed by atoms with Gasteiger partial charge in [0.25, 0.3) is 0 Å². The number of rotatable bonds is 4. The number of hydrogen-bond donors (Lipinski definition) is 2. The summed E-state index contributed by atoms with van der Waals surface area (Å²) in [5.41, 5.74) is 2.01. The standard InChI is InChI=1S/C10H14N4/c1-2-11-6-4-10-13-8-3-5-12-7-9(8)14-10/h3,5,7,11H,2,4,6H2,1H3,(H,13,14). The third-order valence-corrected chi connectivity index (χ3v) is 2.12. The lowest BCUT2D eigenvalue weighted by molar-refractivity contribution is 0.702. The molecule has 0 saturated heterocycles. The normalized spacial score (nSPS) is 10.9. The van der Waals surface area contributed by atoms with Gasteiger partial charge in [-0.25, -0.2) is 4.98 Å². The number of H-pyrrole nitrogens is 1. The smallest absolute Gasteiger partial charge is 0.108 e. The number of aromatic nitrogens is 3. The van der Waals surface area contributed by atoms with Gasteiger partial charge < -0.3 is 10.3 Å². The summed E-state index contributed by atoms with van der Waals surface area (Å²) in [5, 5.41) is 3.27. The molecule has 2 aromatic rings. The second-order valence-electron chi connectivity index (χ2n) is 3.18. The molecule has 0 aliphatic carbocycles. The first-order valence-corrected chi connectivity index (χ1v) is 4.89. The number of aromatic amines is 1. The van der Waals surface area contributed by atoms with Crippen molar-refractivity contribution in [2.24, 2.45) is 0 Å². The van der Waals surface area contributed by atoms with Gasteiger partial charge >= 0.3 is 0 Å². The third-order valence-electron chi connectivity index (χ3n) is 2.12. The predicted molar refractivity (Wildman–Crippen MR) is 56.1 cm³/mol. The van der Waals surface area contributed by atoms with Crippen LogP contribution in [0.15, 0.2) is 18.5 Å². The van der Waals surface area contributed by atoms with Crippen molar-refractivity contribution in [3.63, 3.8) is 0 Å². The van der Waals surface area contributed by atoms with Crippen LogP contribution >= 0.6 is 0 Å². The summed E-state index contributed by atoms with van der Waals surface area (Å²) in [6.07, 6.45) is 4.50. The Morgan fingerprint density at radius 2 is 2.43 bits per heavy atom. The van der Waals surface area contributed by atoms with Crippen LogP contribution in [0.5, 0.6) is 0 Å². The van der Waals surface area contributed by atoms with Gasteiger partial charge in [0.1, 0.15) is 5.82 Å². The molecule has 4 nitrogen and oxygen atoms in total. The molecule has 0 radical (unpaired) electrons. The number of imidazole rings is 1. The van der Waals surface area contributed by atoms with Gasteiger partial charge in [0.2, 0.25) is 0 Å². The first kappa shape index (κ1) is 9.15. The van der Waals surface area contributed by atoms with E-state index in [0.717, 1.165) is 36.4 Å². The van der Waals surface area contributed by atoms with Crippen molar-refractivity contribution in [2.75, 3.05) is 13.1 Å². The van der Waals surface area contributed by atoms with E-state index < -0.39 is 0 Å². The van der Waals surface area contributed by atoms with Crippen molar-refractivity contribution < 1.29 is 0 Å². The molecule has 0 bridgehead atoms. The minimum absolute atomic E-state index is 0.933.